The van der Waals surface area contributed by atoms with Gasteiger partial charge in [0, 0.05) is 39.6 Å². The van der Waals surface area contributed by atoms with Gasteiger partial charge in [-0.1, -0.05) is 6.07 Å². The van der Waals surface area contributed by atoms with E-state index in [1.165, 1.54) is 10.1 Å². The lowest BCUT2D eigenvalue weighted by atomic mass is 9.89. The van der Waals surface area contributed by atoms with Crippen LogP contribution in [0.5, 0.6) is 0 Å². The van der Waals surface area contributed by atoms with Gasteiger partial charge in [-0.15, -0.1) is 0 Å². The van der Waals surface area contributed by atoms with Gasteiger partial charge in [-0.3, -0.25) is 28.9 Å². The van der Waals surface area contributed by atoms with Crippen LogP contribution >= 0.6 is 0 Å². The fourth-order valence-corrected chi connectivity index (χ4v) is 5.95. The lowest BCUT2D eigenvalue weighted by molar-refractivity contribution is -0.135. The van der Waals surface area contributed by atoms with Crippen molar-refractivity contribution in [3.8, 4) is 0 Å². The highest BCUT2D eigenvalue weighted by Crippen LogP contribution is 2.31. The molecule has 1 atom stereocenters. The summed E-state index contributed by atoms with van der Waals surface area (Å²) in [5, 5.41) is 5.30. The number of aryl methyl sites for hydroxylation is 1. The number of carbonyl (C=O) groups excluding carboxylic acids is 3. The van der Waals surface area contributed by atoms with E-state index in [1.54, 1.807) is 11.6 Å². The van der Waals surface area contributed by atoms with Gasteiger partial charge in [0.15, 0.2) is 0 Å². The number of ether oxygens (including phenoxy) is 1. The van der Waals surface area contributed by atoms with Crippen molar-refractivity contribution in [1.82, 2.24) is 29.6 Å². The molecule has 0 aliphatic carbocycles. The molecule has 4 heterocycles. The summed E-state index contributed by atoms with van der Waals surface area (Å²) in [4.78, 5) is 53.9. The standard InChI is InChI=1S/C28H40N6O5/c1-28(2,3)39-26(37)29-20-16-33(17-20)14-13-32-11-9-18(10-12-32)19-5-6-21-23(15-19)31(4)27(38)34(21)22-7-8-24(35)30-25(22)36/h5-6,15,18,20,22H,7-14,16-17H2,1-4H3,(H,29,37)(H,30,35,36). The number of rotatable bonds is 6. The van der Waals surface area contributed by atoms with Crippen LogP contribution in [0.1, 0.15) is 64.0 Å². The molecule has 1 aromatic carbocycles. The Hall–Kier alpha value is -3.18. The van der Waals surface area contributed by atoms with Crippen LogP contribution in [-0.4, -0.2) is 87.8 Å². The number of amides is 3. The summed E-state index contributed by atoms with van der Waals surface area (Å²) in [6.07, 6.45) is 2.33. The van der Waals surface area contributed by atoms with Gasteiger partial charge in [0.05, 0.1) is 17.1 Å². The average molecular weight is 541 g/mol. The van der Waals surface area contributed by atoms with E-state index < -0.39 is 17.6 Å². The zero-order chi connectivity index (χ0) is 27.9. The highest BCUT2D eigenvalue weighted by atomic mass is 16.6. The molecule has 3 aliphatic rings. The summed E-state index contributed by atoms with van der Waals surface area (Å²) in [5.41, 5.74) is 2.05. The van der Waals surface area contributed by atoms with Crippen molar-refractivity contribution in [3.63, 3.8) is 0 Å². The van der Waals surface area contributed by atoms with Crippen LogP contribution in [0, 0.1) is 0 Å². The summed E-state index contributed by atoms with van der Waals surface area (Å²) < 4.78 is 8.47. The molecule has 0 bridgehead atoms. The number of alkyl carbamates (subject to hydrolysis) is 1. The molecular weight excluding hydrogens is 500 g/mol. The predicted molar refractivity (Wildman–Crippen MR) is 147 cm³/mol. The van der Waals surface area contributed by atoms with Gasteiger partial charge >= 0.3 is 11.8 Å². The van der Waals surface area contributed by atoms with Crippen LogP contribution in [0.15, 0.2) is 23.0 Å². The smallest absolute Gasteiger partial charge is 0.407 e. The number of aromatic nitrogens is 2. The average Bonchev–Trinajstić information content (AvgIpc) is 3.09. The lowest BCUT2D eigenvalue weighted by Gasteiger charge is -2.41. The Morgan fingerprint density at radius 3 is 2.38 bits per heavy atom. The minimum atomic E-state index is -0.664. The van der Waals surface area contributed by atoms with Crippen molar-refractivity contribution in [2.75, 3.05) is 39.3 Å². The Labute approximate surface area is 228 Å². The van der Waals surface area contributed by atoms with Gasteiger partial charge in [-0.25, -0.2) is 9.59 Å². The molecule has 3 saturated heterocycles. The first-order valence-corrected chi connectivity index (χ1v) is 14.0. The SMILES string of the molecule is Cn1c(=O)n(C2CCC(=O)NC2=O)c2ccc(C3CCN(CCN4CC(NC(=O)OC(C)(C)C)C4)CC3)cc21. The van der Waals surface area contributed by atoms with Crippen LogP contribution in [0.25, 0.3) is 11.0 Å². The van der Waals surface area contributed by atoms with E-state index in [1.807, 2.05) is 26.8 Å². The Bertz CT molecular complexity index is 1310. The molecule has 3 fully saturated rings. The maximum absolute atomic E-state index is 13.1. The molecule has 0 radical (unpaired) electrons. The second-order valence-corrected chi connectivity index (χ2v) is 12.1. The predicted octanol–water partition coefficient (Wildman–Crippen LogP) is 1.71. The number of nitrogens with zero attached hydrogens (tertiary/aromatic N) is 4. The number of likely N-dealkylation sites (tertiary alicyclic amines) is 2. The van der Waals surface area contributed by atoms with Crippen molar-refractivity contribution >= 4 is 28.9 Å². The van der Waals surface area contributed by atoms with E-state index in [9.17, 15) is 19.2 Å². The molecule has 212 valence electrons. The van der Waals surface area contributed by atoms with Crippen LogP contribution in [-0.2, 0) is 21.4 Å². The van der Waals surface area contributed by atoms with Crippen molar-refractivity contribution in [2.24, 2.45) is 7.05 Å². The Balaban J connectivity index is 1.12. The molecule has 3 amide bonds. The number of fused-ring (bicyclic) bond motifs is 1. The van der Waals surface area contributed by atoms with Crippen LogP contribution < -0.4 is 16.3 Å². The minimum absolute atomic E-state index is 0.154. The zero-order valence-electron chi connectivity index (χ0n) is 23.4. The number of carbonyl (C=O) groups is 3. The number of imide groups is 1. The first-order valence-electron chi connectivity index (χ1n) is 14.0. The number of imidazole rings is 1. The second-order valence-electron chi connectivity index (χ2n) is 12.1. The largest absolute Gasteiger partial charge is 0.444 e. The van der Waals surface area contributed by atoms with Crippen molar-refractivity contribution in [2.45, 2.75) is 70.1 Å². The molecule has 2 aromatic rings. The third-order valence-electron chi connectivity index (χ3n) is 8.10. The molecule has 2 N–H and O–H groups in total. The summed E-state index contributed by atoms with van der Waals surface area (Å²) in [6, 6.07) is 5.62. The highest BCUT2D eigenvalue weighted by molar-refractivity contribution is 6.00. The van der Waals surface area contributed by atoms with E-state index in [2.05, 4.69) is 32.6 Å². The Morgan fingerprint density at radius 1 is 1.03 bits per heavy atom. The van der Waals surface area contributed by atoms with E-state index in [-0.39, 0.29) is 30.2 Å². The van der Waals surface area contributed by atoms with Gasteiger partial charge < -0.3 is 15.0 Å². The van der Waals surface area contributed by atoms with Gasteiger partial charge in [0.2, 0.25) is 11.8 Å². The number of hydrogen-bond acceptors (Lipinski definition) is 7. The zero-order valence-corrected chi connectivity index (χ0v) is 23.4. The maximum Gasteiger partial charge on any atom is 0.407 e. The Kier molecular flexibility index (Phi) is 7.56. The molecule has 3 aliphatic heterocycles. The topological polar surface area (TPSA) is 118 Å². The van der Waals surface area contributed by atoms with Gasteiger partial charge in [-0.2, -0.15) is 0 Å². The second kappa shape index (κ2) is 10.8. The number of benzene rings is 1. The molecule has 11 nitrogen and oxygen atoms in total. The van der Waals surface area contributed by atoms with Gasteiger partial charge in [0.25, 0.3) is 0 Å². The summed E-state index contributed by atoms with van der Waals surface area (Å²) >= 11 is 0. The third kappa shape index (κ3) is 6.04. The number of nitrogens with one attached hydrogen (secondary N) is 2. The molecule has 5 rings (SSSR count). The third-order valence-corrected chi connectivity index (χ3v) is 8.10. The molecular formula is C28H40N6O5. The lowest BCUT2D eigenvalue weighted by Crippen LogP contribution is -2.60. The summed E-state index contributed by atoms with van der Waals surface area (Å²) in [6.45, 7) is 11.3. The number of piperidine rings is 2. The van der Waals surface area contributed by atoms with Crippen molar-refractivity contribution < 1.29 is 19.1 Å². The van der Waals surface area contributed by atoms with Crippen LogP contribution in [0.4, 0.5) is 4.79 Å². The highest BCUT2D eigenvalue weighted by Gasteiger charge is 2.32. The van der Waals surface area contributed by atoms with Crippen molar-refractivity contribution in [1.29, 1.82) is 0 Å². The first kappa shape index (κ1) is 27.4. The molecule has 1 aromatic heterocycles. The van der Waals surface area contributed by atoms with E-state index in [0.717, 1.165) is 63.1 Å². The van der Waals surface area contributed by atoms with E-state index >= 15 is 0 Å². The molecule has 0 spiro atoms. The van der Waals surface area contributed by atoms with Crippen molar-refractivity contribution in [3.05, 3.63) is 34.2 Å². The quantitative estimate of drug-likeness (QED) is 0.536. The van der Waals surface area contributed by atoms with E-state index in [4.69, 9.17) is 4.74 Å². The molecule has 0 saturated carbocycles. The van der Waals surface area contributed by atoms with Crippen LogP contribution in [0.3, 0.4) is 0 Å². The fraction of sp³-hybridized carbons (Fsp3) is 0.643. The summed E-state index contributed by atoms with van der Waals surface area (Å²) in [7, 11) is 1.74. The molecule has 39 heavy (non-hydrogen) atoms. The van der Waals surface area contributed by atoms with Gasteiger partial charge in [0.1, 0.15) is 11.6 Å². The maximum atomic E-state index is 13.1. The summed E-state index contributed by atoms with van der Waals surface area (Å²) in [5.74, 6) is -0.279. The normalized spacial score (nSPS) is 22.1. The number of hydrogen-bond donors (Lipinski definition) is 2. The monoisotopic (exact) mass is 540 g/mol. The molecule has 11 heteroatoms. The van der Waals surface area contributed by atoms with Crippen LogP contribution in [0.2, 0.25) is 0 Å². The fourth-order valence-electron chi connectivity index (χ4n) is 5.95. The molecule has 1 unspecified atom stereocenters. The first-order chi connectivity index (χ1) is 18.5. The van der Waals surface area contributed by atoms with E-state index in [0.29, 0.717) is 12.3 Å². The minimum Gasteiger partial charge on any atom is -0.444 e. The van der Waals surface area contributed by atoms with Gasteiger partial charge in [-0.05, 0) is 76.7 Å². The Morgan fingerprint density at radius 2 is 1.72 bits per heavy atom.